The van der Waals surface area contributed by atoms with E-state index >= 15 is 0 Å². The summed E-state index contributed by atoms with van der Waals surface area (Å²) >= 11 is 0. The van der Waals surface area contributed by atoms with E-state index in [0.29, 0.717) is 6.42 Å². The van der Waals surface area contributed by atoms with Gasteiger partial charge in [-0.25, -0.2) is 0 Å². The fraction of sp³-hybridized carbons (Fsp3) is 0.923. The number of nitrogens with zero attached hydrogens (tertiary/aromatic N) is 1. The third-order valence-electron chi connectivity index (χ3n) is 3.91. The van der Waals surface area contributed by atoms with Gasteiger partial charge in [0.1, 0.15) is 0 Å². The Morgan fingerprint density at radius 1 is 1.53 bits per heavy atom. The zero-order chi connectivity index (χ0) is 12.9. The molecule has 1 aliphatic heterocycles. The van der Waals surface area contributed by atoms with Crippen molar-refractivity contribution in [1.29, 1.82) is 0 Å². The minimum absolute atomic E-state index is 0.400. The molecule has 0 saturated carbocycles. The van der Waals surface area contributed by atoms with Crippen molar-refractivity contribution in [3.05, 3.63) is 0 Å². The van der Waals surface area contributed by atoms with Gasteiger partial charge in [-0.2, -0.15) is 0 Å². The second kappa shape index (κ2) is 6.36. The van der Waals surface area contributed by atoms with E-state index in [2.05, 4.69) is 11.8 Å². The first kappa shape index (κ1) is 14.5. The molecule has 17 heavy (non-hydrogen) atoms. The second-order valence-corrected chi connectivity index (χ2v) is 5.60. The highest BCUT2D eigenvalue weighted by Crippen LogP contribution is 2.20. The van der Waals surface area contributed by atoms with Gasteiger partial charge in [0.2, 0.25) is 5.91 Å². The molecule has 4 nitrogen and oxygen atoms in total. The maximum absolute atomic E-state index is 11.1. The number of carbonyl (C=O) groups excluding carboxylic acids is 1. The molecule has 1 heterocycles. The van der Waals surface area contributed by atoms with Gasteiger partial charge in [0.15, 0.2) is 0 Å². The van der Waals surface area contributed by atoms with E-state index in [-0.39, 0.29) is 0 Å². The van der Waals surface area contributed by atoms with Crippen LogP contribution in [0.4, 0.5) is 0 Å². The lowest BCUT2D eigenvalue weighted by Crippen LogP contribution is -2.49. The van der Waals surface area contributed by atoms with Crippen LogP contribution in [-0.2, 0) is 4.79 Å². The SMILES string of the molecule is CCC1CCCN(CCCC(C)(N)C(N)=O)C1. The normalized spacial score (nSPS) is 25.5. The minimum Gasteiger partial charge on any atom is -0.368 e. The molecule has 0 aromatic rings. The minimum atomic E-state index is -0.847. The number of carbonyl (C=O) groups is 1. The summed E-state index contributed by atoms with van der Waals surface area (Å²) in [5.74, 6) is 0.451. The fourth-order valence-electron chi connectivity index (χ4n) is 2.48. The lowest BCUT2D eigenvalue weighted by molar-refractivity contribution is -0.122. The quantitative estimate of drug-likeness (QED) is 0.731. The molecular weight excluding hydrogens is 214 g/mol. The summed E-state index contributed by atoms with van der Waals surface area (Å²) in [5, 5.41) is 0. The number of hydrogen-bond acceptors (Lipinski definition) is 3. The van der Waals surface area contributed by atoms with Gasteiger partial charge in [-0.15, -0.1) is 0 Å². The number of nitrogens with two attached hydrogens (primary N) is 2. The Hall–Kier alpha value is -0.610. The molecule has 4 heteroatoms. The van der Waals surface area contributed by atoms with Crippen LogP contribution in [0.15, 0.2) is 0 Å². The van der Waals surface area contributed by atoms with Crippen molar-refractivity contribution < 1.29 is 4.79 Å². The predicted molar refractivity (Wildman–Crippen MR) is 70.5 cm³/mol. The Morgan fingerprint density at radius 3 is 2.82 bits per heavy atom. The molecule has 0 aliphatic carbocycles. The Morgan fingerprint density at radius 2 is 2.24 bits per heavy atom. The zero-order valence-electron chi connectivity index (χ0n) is 11.2. The number of likely N-dealkylation sites (tertiary alicyclic amines) is 1. The molecule has 1 saturated heterocycles. The summed E-state index contributed by atoms with van der Waals surface area (Å²) in [6.45, 7) is 7.41. The Kier molecular flexibility index (Phi) is 5.40. The van der Waals surface area contributed by atoms with E-state index in [1.165, 1.54) is 32.4 Å². The van der Waals surface area contributed by atoms with Crippen LogP contribution < -0.4 is 11.5 Å². The molecular formula is C13H27N3O. The van der Waals surface area contributed by atoms with Crippen molar-refractivity contribution in [2.24, 2.45) is 17.4 Å². The van der Waals surface area contributed by atoms with Gasteiger partial charge in [-0.3, -0.25) is 4.79 Å². The maximum atomic E-state index is 11.1. The lowest BCUT2D eigenvalue weighted by atomic mass is 9.94. The summed E-state index contributed by atoms with van der Waals surface area (Å²) in [7, 11) is 0. The molecule has 2 atom stereocenters. The van der Waals surface area contributed by atoms with E-state index in [9.17, 15) is 4.79 Å². The van der Waals surface area contributed by atoms with Crippen molar-refractivity contribution in [2.45, 2.75) is 51.5 Å². The molecule has 1 aliphatic rings. The highest BCUT2D eigenvalue weighted by molar-refractivity contribution is 5.83. The summed E-state index contributed by atoms with van der Waals surface area (Å²) in [6, 6.07) is 0. The van der Waals surface area contributed by atoms with E-state index in [0.717, 1.165) is 18.9 Å². The van der Waals surface area contributed by atoms with Gasteiger partial charge in [-0.1, -0.05) is 13.3 Å². The summed E-state index contributed by atoms with van der Waals surface area (Å²) in [6.07, 6.45) is 5.56. The molecule has 0 bridgehead atoms. The van der Waals surface area contributed by atoms with Crippen LogP contribution in [0.3, 0.4) is 0 Å². The molecule has 1 fully saturated rings. The van der Waals surface area contributed by atoms with Crippen LogP contribution in [0.5, 0.6) is 0 Å². The van der Waals surface area contributed by atoms with E-state index in [1.807, 2.05) is 0 Å². The molecule has 2 unspecified atom stereocenters. The topological polar surface area (TPSA) is 72.3 Å². The van der Waals surface area contributed by atoms with Crippen LogP contribution in [0.1, 0.15) is 46.0 Å². The van der Waals surface area contributed by atoms with Gasteiger partial charge in [0.25, 0.3) is 0 Å². The maximum Gasteiger partial charge on any atom is 0.237 e. The largest absolute Gasteiger partial charge is 0.368 e. The number of hydrogen-bond donors (Lipinski definition) is 2. The van der Waals surface area contributed by atoms with Crippen LogP contribution in [0.2, 0.25) is 0 Å². The van der Waals surface area contributed by atoms with Crippen molar-refractivity contribution in [2.75, 3.05) is 19.6 Å². The highest BCUT2D eigenvalue weighted by atomic mass is 16.1. The molecule has 100 valence electrons. The first-order chi connectivity index (χ1) is 7.95. The van der Waals surface area contributed by atoms with Gasteiger partial charge in [0, 0.05) is 6.54 Å². The van der Waals surface area contributed by atoms with Crippen molar-refractivity contribution in [3.63, 3.8) is 0 Å². The first-order valence-electron chi connectivity index (χ1n) is 6.77. The van der Waals surface area contributed by atoms with Gasteiger partial charge >= 0.3 is 0 Å². The van der Waals surface area contributed by atoms with Crippen molar-refractivity contribution >= 4 is 5.91 Å². The van der Waals surface area contributed by atoms with E-state index in [4.69, 9.17) is 11.5 Å². The summed E-state index contributed by atoms with van der Waals surface area (Å²) < 4.78 is 0. The van der Waals surface area contributed by atoms with E-state index in [1.54, 1.807) is 6.92 Å². The molecule has 0 aromatic heterocycles. The first-order valence-corrected chi connectivity index (χ1v) is 6.77. The molecule has 0 aromatic carbocycles. The van der Waals surface area contributed by atoms with Crippen LogP contribution in [0, 0.1) is 5.92 Å². The Balaban J connectivity index is 2.24. The molecule has 4 N–H and O–H groups in total. The summed E-state index contributed by atoms with van der Waals surface area (Å²) in [4.78, 5) is 13.6. The van der Waals surface area contributed by atoms with Gasteiger partial charge in [-0.05, 0) is 51.6 Å². The molecule has 0 spiro atoms. The highest BCUT2D eigenvalue weighted by Gasteiger charge is 2.25. The monoisotopic (exact) mass is 241 g/mol. The number of amides is 1. The molecule has 1 rings (SSSR count). The third-order valence-corrected chi connectivity index (χ3v) is 3.91. The molecule has 1 amide bonds. The fourth-order valence-corrected chi connectivity index (χ4v) is 2.48. The Labute approximate surface area is 105 Å². The lowest BCUT2D eigenvalue weighted by Gasteiger charge is -2.32. The third kappa shape index (κ3) is 4.64. The van der Waals surface area contributed by atoms with Gasteiger partial charge in [0.05, 0.1) is 5.54 Å². The standard InChI is InChI=1S/C13H27N3O/c1-3-11-6-4-8-16(10-11)9-5-7-13(2,15)12(14)17/h11H,3-10,15H2,1-2H3,(H2,14,17). The average Bonchev–Trinajstić information content (AvgIpc) is 2.29. The smallest absolute Gasteiger partial charge is 0.237 e. The van der Waals surface area contributed by atoms with Crippen LogP contribution >= 0.6 is 0 Å². The zero-order valence-corrected chi connectivity index (χ0v) is 11.2. The number of rotatable bonds is 6. The Bertz CT molecular complexity index is 253. The second-order valence-electron chi connectivity index (χ2n) is 5.60. The van der Waals surface area contributed by atoms with Crippen LogP contribution in [-0.4, -0.2) is 36.0 Å². The number of primary amides is 1. The predicted octanol–water partition coefficient (Wildman–Crippen LogP) is 1.09. The number of piperidine rings is 1. The molecule has 0 radical (unpaired) electrons. The van der Waals surface area contributed by atoms with E-state index < -0.39 is 11.4 Å². The van der Waals surface area contributed by atoms with Crippen molar-refractivity contribution in [1.82, 2.24) is 4.90 Å². The summed E-state index contributed by atoms with van der Waals surface area (Å²) in [5.41, 5.74) is 10.2. The average molecular weight is 241 g/mol. The van der Waals surface area contributed by atoms with Crippen LogP contribution in [0.25, 0.3) is 0 Å². The van der Waals surface area contributed by atoms with Gasteiger partial charge < -0.3 is 16.4 Å². The van der Waals surface area contributed by atoms with Crippen molar-refractivity contribution in [3.8, 4) is 0 Å².